The van der Waals surface area contributed by atoms with Crippen LogP contribution in [0.1, 0.15) is 25.3 Å². The Balaban J connectivity index is 2.53. The average Bonchev–Trinajstić information content (AvgIpc) is 2.26. The van der Waals surface area contributed by atoms with E-state index in [4.69, 9.17) is 4.74 Å². The maximum absolute atomic E-state index is 5.83. The summed E-state index contributed by atoms with van der Waals surface area (Å²) in [4.78, 5) is 0. The van der Waals surface area contributed by atoms with Crippen LogP contribution in [0.4, 0.5) is 0 Å². The summed E-state index contributed by atoms with van der Waals surface area (Å²) >= 11 is 7.80. The van der Waals surface area contributed by atoms with E-state index in [0.717, 1.165) is 22.6 Å². The van der Waals surface area contributed by atoms with Gasteiger partial charge in [-0.3, -0.25) is 0 Å². The first kappa shape index (κ1) is 13.9. The smallest absolute Gasteiger partial charge is 0.122 e. The highest BCUT2D eigenvalue weighted by atomic mass is 79.9. The second-order valence-corrected chi connectivity index (χ2v) is 5.34. The first-order valence-electron chi connectivity index (χ1n) is 5.67. The predicted octanol–water partition coefficient (Wildman–Crippen LogP) is 4.48. The molecule has 0 aliphatic heterocycles. The molecule has 0 aliphatic rings. The maximum Gasteiger partial charge on any atom is 0.122 e. The number of rotatable bonds is 6. The standard InChI is InChI=1S/C13H19BrOS/c1-3-4-11(9-16)8-15-13-6-5-12(14)7-10(13)2/h5-7,11,16H,3-4,8-9H2,1-2H3. The fourth-order valence-corrected chi connectivity index (χ4v) is 2.38. The molecule has 1 aromatic carbocycles. The van der Waals surface area contributed by atoms with Gasteiger partial charge in [0.2, 0.25) is 0 Å². The molecular weight excluding hydrogens is 284 g/mol. The van der Waals surface area contributed by atoms with E-state index in [1.807, 2.05) is 12.1 Å². The summed E-state index contributed by atoms with van der Waals surface area (Å²) in [5.41, 5.74) is 1.17. The molecule has 3 heteroatoms. The maximum atomic E-state index is 5.83. The Morgan fingerprint density at radius 3 is 2.75 bits per heavy atom. The van der Waals surface area contributed by atoms with Crippen LogP contribution in [0.2, 0.25) is 0 Å². The second kappa shape index (κ2) is 7.23. The van der Waals surface area contributed by atoms with Crippen molar-refractivity contribution in [2.45, 2.75) is 26.7 Å². The first-order chi connectivity index (χ1) is 7.67. The molecule has 0 bridgehead atoms. The predicted molar refractivity (Wildman–Crippen MR) is 76.6 cm³/mol. The van der Waals surface area contributed by atoms with Crippen LogP contribution < -0.4 is 4.74 Å². The largest absolute Gasteiger partial charge is 0.493 e. The van der Waals surface area contributed by atoms with Crippen LogP contribution in [0.25, 0.3) is 0 Å². The average molecular weight is 303 g/mol. The topological polar surface area (TPSA) is 9.23 Å². The number of benzene rings is 1. The molecule has 0 saturated heterocycles. The van der Waals surface area contributed by atoms with Gasteiger partial charge in [0.15, 0.2) is 0 Å². The Bertz CT molecular complexity index is 328. The van der Waals surface area contributed by atoms with Crippen molar-refractivity contribution in [2.24, 2.45) is 5.92 Å². The van der Waals surface area contributed by atoms with E-state index in [2.05, 4.69) is 48.5 Å². The zero-order valence-electron chi connectivity index (χ0n) is 9.87. The summed E-state index contributed by atoms with van der Waals surface area (Å²) in [6, 6.07) is 6.10. The lowest BCUT2D eigenvalue weighted by molar-refractivity contribution is 0.253. The molecule has 0 heterocycles. The van der Waals surface area contributed by atoms with Crippen molar-refractivity contribution in [3.05, 3.63) is 28.2 Å². The molecular formula is C13H19BrOS. The van der Waals surface area contributed by atoms with Gasteiger partial charge in [-0.2, -0.15) is 12.6 Å². The highest BCUT2D eigenvalue weighted by Crippen LogP contribution is 2.23. The number of hydrogen-bond acceptors (Lipinski definition) is 2. The third-order valence-corrected chi connectivity index (χ3v) is 3.58. The monoisotopic (exact) mass is 302 g/mol. The van der Waals surface area contributed by atoms with E-state index in [0.29, 0.717) is 5.92 Å². The van der Waals surface area contributed by atoms with Gasteiger partial charge in [-0.1, -0.05) is 29.3 Å². The number of halogens is 1. The minimum atomic E-state index is 0.552. The molecule has 1 aromatic rings. The second-order valence-electron chi connectivity index (χ2n) is 4.06. The Hall–Kier alpha value is -0.150. The van der Waals surface area contributed by atoms with E-state index >= 15 is 0 Å². The molecule has 1 unspecified atom stereocenters. The molecule has 1 rings (SSSR count). The van der Waals surface area contributed by atoms with Crippen molar-refractivity contribution < 1.29 is 4.74 Å². The van der Waals surface area contributed by atoms with Gasteiger partial charge < -0.3 is 4.74 Å². The zero-order valence-corrected chi connectivity index (χ0v) is 12.4. The van der Waals surface area contributed by atoms with Gasteiger partial charge in [-0.15, -0.1) is 0 Å². The molecule has 16 heavy (non-hydrogen) atoms. The number of ether oxygens (including phenoxy) is 1. The molecule has 0 amide bonds. The molecule has 1 atom stereocenters. The van der Waals surface area contributed by atoms with Crippen LogP contribution in [-0.2, 0) is 0 Å². The van der Waals surface area contributed by atoms with Gasteiger partial charge >= 0.3 is 0 Å². The van der Waals surface area contributed by atoms with Crippen molar-refractivity contribution in [1.29, 1.82) is 0 Å². The molecule has 0 saturated carbocycles. The lowest BCUT2D eigenvalue weighted by Gasteiger charge is -2.16. The van der Waals surface area contributed by atoms with Crippen LogP contribution in [0.15, 0.2) is 22.7 Å². The highest BCUT2D eigenvalue weighted by molar-refractivity contribution is 9.10. The molecule has 0 aromatic heterocycles. The molecule has 0 fully saturated rings. The van der Waals surface area contributed by atoms with Crippen LogP contribution in [0, 0.1) is 12.8 Å². The van der Waals surface area contributed by atoms with Crippen molar-refractivity contribution in [3.8, 4) is 5.75 Å². The third kappa shape index (κ3) is 4.38. The highest BCUT2D eigenvalue weighted by Gasteiger charge is 2.07. The van der Waals surface area contributed by atoms with E-state index in [-0.39, 0.29) is 0 Å². The van der Waals surface area contributed by atoms with Gasteiger partial charge in [0.25, 0.3) is 0 Å². The molecule has 0 spiro atoms. The third-order valence-electron chi connectivity index (χ3n) is 2.57. The zero-order chi connectivity index (χ0) is 12.0. The van der Waals surface area contributed by atoms with E-state index in [1.54, 1.807) is 0 Å². The van der Waals surface area contributed by atoms with Crippen LogP contribution in [-0.4, -0.2) is 12.4 Å². The Kier molecular flexibility index (Phi) is 6.29. The summed E-state index contributed by atoms with van der Waals surface area (Å²) in [6.45, 7) is 5.02. The fourth-order valence-electron chi connectivity index (χ4n) is 1.62. The molecule has 1 nitrogen and oxygen atoms in total. The lowest BCUT2D eigenvalue weighted by Crippen LogP contribution is -2.13. The number of aryl methyl sites for hydroxylation is 1. The van der Waals surface area contributed by atoms with Crippen LogP contribution >= 0.6 is 28.6 Å². The van der Waals surface area contributed by atoms with E-state index in [1.165, 1.54) is 18.4 Å². The molecule has 0 aliphatic carbocycles. The van der Waals surface area contributed by atoms with Crippen molar-refractivity contribution >= 4 is 28.6 Å². The molecule has 0 radical (unpaired) electrons. The summed E-state index contributed by atoms with van der Waals surface area (Å²) < 4.78 is 6.92. The minimum absolute atomic E-state index is 0.552. The van der Waals surface area contributed by atoms with Gasteiger partial charge in [0, 0.05) is 10.4 Å². The van der Waals surface area contributed by atoms with Gasteiger partial charge in [-0.25, -0.2) is 0 Å². The lowest BCUT2D eigenvalue weighted by atomic mass is 10.1. The van der Waals surface area contributed by atoms with Crippen LogP contribution in [0.5, 0.6) is 5.75 Å². The Morgan fingerprint density at radius 2 is 2.19 bits per heavy atom. The van der Waals surface area contributed by atoms with Gasteiger partial charge in [0.1, 0.15) is 5.75 Å². The summed E-state index contributed by atoms with van der Waals surface area (Å²) in [7, 11) is 0. The van der Waals surface area contributed by atoms with Crippen molar-refractivity contribution in [2.75, 3.05) is 12.4 Å². The van der Waals surface area contributed by atoms with Gasteiger partial charge in [-0.05, 0) is 42.9 Å². The number of hydrogen-bond donors (Lipinski definition) is 1. The van der Waals surface area contributed by atoms with Gasteiger partial charge in [0.05, 0.1) is 6.61 Å². The summed E-state index contributed by atoms with van der Waals surface area (Å²) in [5, 5.41) is 0. The SMILES string of the molecule is CCCC(CS)COc1ccc(Br)cc1C. The molecule has 90 valence electrons. The fraction of sp³-hybridized carbons (Fsp3) is 0.538. The normalized spacial score (nSPS) is 12.5. The van der Waals surface area contributed by atoms with Crippen LogP contribution in [0.3, 0.4) is 0 Å². The van der Waals surface area contributed by atoms with E-state index < -0.39 is 0 Å². The quantitative estimate of drug-likeness (QED) is 0.762. The summed E-state index contributed by atoms with van der Waals surface area (Å²) in [5.74, 6) is 2.42. The number of thiol groups is 1. The minimum Gasteiger partial charge on any atom is -0.493 e. The van der Waals surface area contributed by atoms with Crippen molar-refractivity contribution in [1.82, 2.24) is 0 Å². The Morgan fingerprint density at radius 1 is 1.44 bits per heavy atom. The van der Waals surface area contributed by atoms with Crippen molar-refractivity contribution in [3.63, 3.8) is 0 Å². The Labute approximate surface area is 112 Å². The summed E-state index contributed by atoms with van der Waals surface area (Å²) in [6.07, 6.45) is 2.37. The first-order valence-corrected chi connectivity index (χ1v) is 7.09. The molecule has 0 N–H and O–H groups in total. The van der Waals surface area contributed by atoms with E-state index in [9.17, 15) is 0 Å².